The molecular formula is C14H27NO. The second-order valence-corrected chi connectivity index (χ2v) is 6.56. The lowest BCUT2D eigenvalue weighted by Gasteiger charge is -2.40. The summed E-state index contributed by atoms with van der Waals surface area (Å²) in [6.45, 7) is 6.62. The molecule has 0 aromatic heterocycles. The Morgan fingerprint density at radius 2 is 1.81 bits per heavy atom. The van der Waals surface area contributed by atoms with Gasteiger partial charge in [0.25, 0.3) is 0 Å². The first-order valence-electron chi connectivity index (χ1n) is 6.92. The molecule has 94 valence electrons. The van der Waals surface area contributed by atoms with Gasteiger partial charge in [0, 0.05) is 12.6 Å². The molecule has 0 aromatic rings. The van der Waals surface area contributed by atoms with Gasteiger partial charge in [-0.15, -0.1) is 0 Å². The van der Waals surface area contributed by atoms with Crippen LogP contribution in [0.4, 0.5) is 0 Å². The average molecular weight is 225 g/mol. The Balaban J connectivity index is 1.83. The molecule has 0 amide bonds. The minimum atomic E-state index is 0.386. The van der Waals surface area contributed by atoms with Crippen LogP contribution in [0.5, 0.6) is 0 Å². The van der Waals surface area contributed by atoms with E-state index in [1.54, 1.807) is 0 Å². The maximum atomic E-state index is 6.43. The summed E-state index contributed by atoms with van der Waals surface area (Å²) in [5, 5.41) is 0. The van der Waals surface area contributed by atoms with Gasteiger partial charge in [-0.1, -0.05) is 13.8 Å². The van der Waals surface area contributed by atoms with E-state index >= 15 is 0 Å². The zero-order chi connectivity index (χ0) is 11.6. The predicted octanol–water partition coefficient (Wildman–Crippen LogP) is 2.96. The highest BCUT2D eigenvalue weighted by Crippen LogP contribution is 2.40. The molecule has 0 radical (unpaired) electrons. The zero-order valence-electron chi connectivity index (χ0n) is 10.9. The average Bonchev–Trinajstić information content (AvgIpc) is 2.29. The minimum Gasteiger partial charge on any atom is -0.381 e. The molecule has 2 nitrogen and oxygen atoms in total. The monoisotopic (exact) mass is 225 g/mol. The lowest BCUT2D eigenvalue weighted by molar-refractivity contribution is 0.0279. The number of rotatable bonds is 2. The third kappa shape index (κ3) is 2.98. The summed E-state index contributed by atoms with van der Waals surface area (Å²) >= 11 is 0. The van der Waals surface area contributed by atoms with E-state index in [0.29, 0.717) is 17.4 Å². The van der Waals surface area contributed by atoms with Crippen molar-refractivity contribution in [2.24, 2.45) is 23.0 Å². The number of nitrogens with two attached hydrogens (primary N) is 1. The van der Waals surface area contributed by atoms with Crippen molar-refractivity contribution in [2.75, 3.05) is 13.2 Å². The van der Waals surface area contributed by atoms with Crippen LogP contribution in [0, 0.1) is 17.3 Å². The summed E-state index contributed by atoms with van der Waals surface area (Å²) in [5.74, 6) is 1.37. The lowest BCUT2D eigenvalue weighted by atomic mass is 9.69. The highest BCUT2D eigenvalue weighted by atomic mass is 16.5. The van der Waals surface area contributed by atoms with Gasteiger partial charge in [0.15, 0.2) is 0 Å². The highest BCUT2D eigenvalue weighted by Gasteiger charge is 2.33. The molecule has 16 heavy (non-hydrogen) atoms. The molecule has 0 aromatic carbocycles. The Morgan fingerprint density at radius 3 is 2.38 bits per heavy atom. The third-order valence-electron chi connectivity index (χ3n) is 4.67. The molecule has 2 atom stereocenters. The van der Waals surface area contributed by atoms with E-state index in [2.05, 4.69) is 13.8 Å². The molecule has 1 heterocycles. The molecule has 1 aliphatic carbocycles. The van der Waals surface area contributed by atoms with Crippen molar-refractivity contribution in [3.8, 4) is 0 Å². The van der Waals surface area contributed by atoms with Gasteiger partial charge in [-0.2, -0.15) is 0 Å². The van der Waals surface area contributed by atoms with Crippen LogP contribution >= 0.6 is 0 Å². The maximum Gasteiger partial charge on any atom is 0.0509 e. The van der Waals surface area contributed by atoms with Crippen molar-refractivity contribution >= 4 is 0 Å². The van der Waals surface area contributed by atoms with Crippen molar-refractivity contribution in [3.05, 3.63) is 0 Å². The van der Waals surface area contributed by atoms with Gasteiger partial charge < -0.3 is 10.5 Å². The first-order chi connectivity index (χ1) is 7.58. The summed E-state index contributed by atoms with van der Waals surface area (Å²) < 4.78 is 5.55. The van der Waals surface area contributed by atoms with Crippen molar-refractivity contribution in [3.63, 3.8) is 0 Å². The molecule has 0 bridgehead atoms. The number of hydrogen-bond acceptors (Lipinski definition) is 2. The Kier molecular flexibility index (Phi) is 3.91. The molecular weight excluding hydrogens is 198 g/mol. The molecule has 1 aliphatic heterocycles. The predicted molar refractivity (Wildman–Crippen MR) is 67.3 cm³/mol. The maximum absolute atomic E-state index is 6.43. The summed E-state index contributed by atoms with van der Waals surface area (Å²) in [5.41, 5.74) is 6.99. The molecule has 2 unspecified atom stereocenters. The topological polar surface area (TPSA) is 35.2 Å². The van der Waals surface area contributed by atoms with Crippen molar-refractivity contribution in [1.29, 1.82) is 0 Å². The molecule has 2 heteroatoms. The van der Waals surface area contributed by atoms with Crippen molar-refractivity contribution in [2.45, 2.75) is 58.4 Å². The Morgan fingerprint density at radius 1 is 1.12 bits per heavy atom. The second-order valence-electron chi connectivity index (χ2n) is 6.56. The molecule has 2 fully saturated rings. The van der Waals surface area contributed by atoms with E-state index in [1.807, 2.05) is 0 Å². The smallest absolute Gasteiger partial charge is 0.0509 e. The van der Waals surface area contributed by atoms with Crippen molar-refractivity contribution < 1.29 is 4.74 Å². The van der Waals surface area contributed by atoms with Crippen LogP contribution in [0.3, 0.4) is 0 Å². The summed E-state index contributed by atoms with van der Waals surface area (Å²) in [6, 6.07) is 0.386. The minimum absolute atomic E-state index is 0.386. The van der Waals surface area contributed by atoms with Crippen LogP contribution in [0.2, 0.25) is 0 Å². The molecule has 1 saturated carbocycles. The number of hydrogen-bond donors (Lipinski definition) is 1. The van der Waals surface area contributed by atoms with Crippen LogP contribution in [0.15, 0.2) is 0 Å². The Labute approximate surface area is 99.9 Å². The Bertz CT molecular complexity index is 211. The Hall–Kier alpha value is -0.0800. The van der Waals surface area contributed by atoms with Gasteiger partial charge in [0.1, 0.15) is 0 Å². The zero-order valence-corrected chi connectivity index (χ0v) is 10.9. The van der Waals surface area contributed by atoms with Gasteiger partial charge in [0.2, 0.25) is 0 Å². The fourth-order valence-electron chi connectivity index (χ4n) is 3.26. The lowest BCUT2D eigenvalue weighted by Crippen LogP contribution is -2.43. The van der Waals surface area contributed by atoms with Gasteiger partial charge in [0.05, 0.1) is 6.61 Å². The highest BCUT2D eigenvalue weighted by molar-refractivity contribution is 4.87. The van der Waals surface area contributed by atoms with E-state index in [-0.39, 0.29) is 0 Å². The quantitative estimate of drug-likeness (QED) is 0.784. The first kappa shape index (κ1) is 12.4. The standard InChI is InChI=1S/C14H27NO/c1-14(2)7-5-11(6-8-14)13(15)12-4-3-9-16-10-12/h11-13H,3-10,15H2,1-2H3. The van der Waals surface area contributed by atoms with Gasteiger partial charge in [-0.25, -0.2) is 0 Å². The first-order valence-corrected chi connectivity index (χ1v) is 6.92. The van der Waals surface area contributed by atoms with Crippen molar-refractivity contribution in [1.82, 2.24) is 0 Å². The van der Waals surface area contributed by atoms with Crippen LogP contribution < -0.4 is 5.73 Å². The van der Waals surface area contributed by atoms with Crippen LogP contribution in [-0.2, 0) is 4.74 Å². The molecule has 0 spiro atoms. The summed E-state index contributed by atoms with van der Waals surface area (Å²) in [4.78, 5) is 0. The van der Waals surface area contributed by atoms with Gasteiger partial charge >= 0.3 is 0 Å². The molecule has 2 N–H and O–H groups in total. The number of ether oxygens (including phenoxy) is 1. The van der Waals surface area contributed by atoms with Crippen LogP contribution in [0.25, 0.3) is 0 Å². The largest absolute Gasteiger partial charge is 0.381 e. The second kappa shape index (κ2) is 5.05. The summed E-state index contributed by atoms with van der Waals surface area (Å²) in [6.07, 6.45) is 7.82. The van der Waals surface area contributed by atoms with E-state index in [1.165, 1.54) is 38.5 Å². The molecule has 1 saturated heterocycles. The fraction of sp³-hybridized carbons (Fsp3) is 1.00. The molecule has 2 aliphatic rings. The van der Waals surface area contributed by atoms with E-state index < -0.39 is 0 Å². The third-order valence-corrected chi connectivity index (χ3v) is 4.67. The normalized spacial score (nSPS) is 33.6. The van der Waals surface area contributed by atoms with Crippen LogP contribution in [0.1, 0.15) is 52.4 Å². The summed E-state index contributed by atoms with van der Waals surface area (Å²) in [7, 11) is 0. The van der Waals surface area contributed by atoms with E-state index in [0.717, 1.165) is 19.1 Å². The van der Waals surface area contributed by atoms with E-state index in [9.17, 15) is 0 Å². The SMILES string of the molecule is CC1(C)CCC(C(N)C2CCCOC2)CC1. The van der Waals surface area contributed by atoms with Crippen LogP contribution in [-0.4, -0.2) is 19.3 Å². The van der Waals surface area contributed by atoms with Gasteiger partial charge in [-0.05, 0) is 55.8 Å². The molecule has 2 rings (SSSR count). The van der Waals surface area contributed by atoms with E-state index in [4.69, 9.17) is 10.5 Å². The fourth-order valence-corrected chi connectivity index (χ4v) is 3.26. The van der Waals surface area contributed by atoms with Gasteiger partial charge in [-0.3, -0.25) is 0 Å².